The lowest BCUT2D eigenvalue weighted by Crippen LogP contribution is -2.41. The van der Waals surface area contributed by atoms with Gasteiger partial charge >= 0.3 is 0 Å². The molecule has 0 saturated carbocycles. The van der Waals surface area contributed by atoms with Crippen LogP contribution in [0.1, 0.15) is 71.0 Å². The van der Waals surface area contributed by atoms with Crippen molar-refractivity contribution in [1.29, 1.82) is 0 Å². The molecule has 1 aliphatic heterocycles. The van der Waals surface area contributed by atoms with Gasteiger partial charge in [-0.2, -0.15) is 0 Å². The molecule has 31 heavy (non-hydrogen) atoms. The second-order valence-corrected chi connectivity index (χ2v) is 9.70. The number of likely N-dealkylation sites (tertiary alicyclic amines) is 1. The molecule has 1 aliphatic carbocycles. The van der Waals surface area contributed by atoms with Crippen molar-refractivity contribution in [2.45, 2.75) is 45.4 Å². The SMILES string of the molecule is CC1(C)CC(=O)c2cc(C(=O)N3CCC(c4c[nH]c5ccccc45)CC3)c(=O)[nH]c2C1. The number of nitrogens with one attached hydrogen (secondary N) is 2. The number of amides is 1. The third-order valence-corrected chi connectivity index (χ3v) is 6.79. The lowest BCUT2D eigenvalue weighted by Gasteiger charge is -2.32. The van der Waals surface area contributed by atoms with Crippen molar-refractivity contribution in [3.63, 3.8) is 0 Å². The molecule has 3 aromatic rings. The Bertz CT molecular complexity index is 1240. The number of nitrogens with zero attached hydrogens (tertiary/aromatic N) is 1. The zero-order valence-corrected chi connectivity index (χ0v) is 18.0. The van der Waals surface area contributed by atoms with E-state index in [1.54, 1.807) is 4.90 Å². The summed E-state index contributed by atoms with van der Waals surface area (Å²) in [5.74, 6) is 0.0967. The van der Waals surface area contributed by atoms with E-state index in [0.717, 1.165) is 18.4 Å². The molecule has 1 aromatic carbocycles. The van der Waals surface area contributed by atoms with E-state index < -0.39 is 5.56 Å². The van der Waals surface area contributed by atoms with Crippen LogP contribution in [-0.2, 0) is 6.42 Å². The number of benzene rings is 1. The summed E-state index contributed by atoms with van der Waals surface area (Å²) in [6.07, 6.45) is 4.84. The number of carbonyl (C=O) groups excluding carboxylic acids is 2. The summed E-state index contributed by atoms with van der Waals surface area (Å²) in [7, 11) is 0. The van der Waals surface area contributed by atoms with Gasteiger partial charge in [0.1, 0.15) is 5.56 Å². The molecule has 0 radical (unpaired) electrons. The Morgan fingerprint density at radius 3 is 2.61 bits per heavy atom. The molecule has 0 bridgehead atoms. The number of para-hydroxylation sites is 1. The molecule has 5 rings (SSSR count). The first-order valence-electron chi connectivity index (χ1n) is 11.0. The molecule has 1 fully saturated rings. The Morgan fingerprint density at radius 1 is 1.10 bits per heavy atom. The predicted molar refractivity (Wildman–Crippen MR) is 120 cm³/mol. The number of fused-ring (bicyclic) bond motifs is 2. The molecule has 1 amide bonds. The second kappa shape index (κ2) is 7.22. The number of aromatic amines is 2. The van der Waals surface area contributed by atoms with Crippen molar-refractivity contribution in [1.82, 2.24) is 14.9 Å². The zero-order chi connectivity index (χ0) is 21.8. The largest absolute Gasteiger partial charge is 0.361 e. The summed E-state index contributed by atoms with van der Waals surface area (Å²) in [4.78, 5) is 46.3. The van der Waals surface area contributed by atoms with Crippen molar-refractivity contribution in [3.8, 4) is 0 Å². The van der Waals surface area contributed by atoms with Crippen LogP contribution in [0.25, 0.3) is 10.9 Å². The van der Waals surface area contributed by atoms with E-state index in [9.17, 15) is 14.4 Å². The van der Waals surface area contributed by atoms with Gasteiger partial charge in [-0.15, -0.1) is 0 Å². The van der Waals surface area contributed by atoms with Gasteiger partial charge in [-0.25, -0.2) is 0 Å². The van der Waals surface area contributed by atoms with Gasteiger partial charge in [0.25, 0.3) is 11.5 Å². The van der Waals surface area contributed by atoms with Gasteiger partial charge in [0.15, 0.2) is 5.78 Å². The van der Waals surface area contributed by atoms with Crippen molar-refractivity contribution in [2.75, 3.05) is 13.1 Å². The number of pyridine rings is 1. The van der Waals surface area contributed by atoms with Crippen LogP contribution >= 0.6 is 0 Å². The first-order chi connectivity index (χ1) is 14.8. The summed E-state index contributed by atoms with van der Waals surface area (Å²) >= 11 is 0. The highest BCUT2D eigenvalue weighted by molar-refractivity contribution is 6.02. The molecule has 2 N–H and O–H groups in total. The van der Waals surface area contributed by atoms with E-state index in [1.807, 2.05) is 26.0 Å². The first-order valence-corrected chi connectivity index (χ1v) is 11.0. The molecule has 2 aromatic heterocycles. The minimum Gasteiger partial charge on any atom is -0.361 e. The van der Waals surface area contributed by atoms with Crippen LogP contribution in [0.5, 0.6) is 0 Å². The highest BCUT2D eigenvalue weighted by Crippen LogP contribution is 2.35. The maximum Gasteiger partial charge on any atom is 0.261 e. The molecule has 6 nitrogen and oxygen atoms in total. The number of hydrogen-bond donors (Lipinski definition) is 2. The number of Topliss-reactive ketones (excluding diaryl/α,β-unsaturated/α-hetero) is 1. The summed E-state index contributed by atoms with van der Waals surface area (Å²) in [6.45, 7) is 5.23. The average Bonchev–Trinajstić information content (AvgIpc) is 3.16. The second-order valence-electron chi connectivity index (χ2n) is 9.70. The first kappa shape index (κ1) is 19.8. The van der Waals surface area contributed by atoms with Gasteiger partial charge in [-0.3, -0.25) is 14.4 Å². The van der Waals surface area contributed by atoms with E-state index in [4.69, 9.17) is 0 Å². The van der Waals surface area contributed by atoms with Crippen molar-refractivity contribution < 1.29 is 9.59 Å². The van der Waals surface area contributed by atoms with Crippen molar-refractivity contribution >= 4 is 22.6 Å². The minimum absolute atomic E-state index is 0.00501. The van der Waals surface area contributed by atoms with Crippen LogP contribution in [0.2, 0.25) is 0 Å². The smallest absolute Gasteiger partial charge is 0.261 e. The monoisotopic (exact) mass is 417 g/mol. The van der Waals surface area contributed by atoms with Gasteiger partial charge in [-0.1, -0.05) is 32.0 Å². The fourth-order valence-electron chi connectivity index (χ4n) is 5.18. The molecule has 160 valence electrons. The van der Waals surface area contributed by atoms with E-state index in [-0.39, 0.29) is 22.7 Å². The minimum atomic E-state index is -0.395. The lowest BCUT2D eigenvalue weighted by molar-refractivity contribution is 0.0711. The molecular formula is C25H27N3O3. The van der Waals surface area contributed by atoms with Crippen LogP contribution in [0, 0.1) is 5.41 Å². The molecule has 3 heterocycles. The van der Waals surface area contributed by atoms with Gasteiger partial charge in [0.2, 0.25) is 0 Å². The van der Waals surface area contributed by atoms with E-state index >= 15 is 0 Å². The number of H-pyrrole nitrogens is 2. The Kier molecular flexibility index (Phi) is 4.61. The van der Waals surface area contributed by atoms with E-state index in [1.165, 1.54) is 17.0 Å². The molecule has 2 aliphatic rings. The van der Waals surface area contributed by atoms with Crippen LogP contribution in [0.3, 0.4) is 0 Å². The zero-order valence-electron chi connectivity index (χ0n) is 18.0. The Morgan fingerprint density at radius 2 is 1.84 bits per heavy atom. The number of aromatic nitrogens is 2. The van der Waals surface area contributed by atoms with Crippen molar-refractivity contribution in [3.05, 3.63) is 69.3 Å². The normalized spacial score (nSPS) is 18.9. The van der Waals surface area contributed by atoms with E-state index in [2.05, 4.69) is 28.3 Å². The fourth-order valence-corrected chi connectivity index (χ4v) is 5.18. The van der Waals surface area contributed by atoms with Gasteiger partial charge < -0.3 is 14.9 Å². The van der Waals surface area contributed by atoms with Crippen molar-refractivity contribution in [2.24, 2.45) is 5.41 Å². The topological polar surface area (TPSA) is 86.0 Å². The molecule has 0 unspecified atom stereocenters. The lowest BCUT2D eigenvalue weighted by atomic mass is 9.75. The third kappa shape index (κ3) is 3.50. The maximum atomic E-state index is 13.1. The number of carbonyl (C=O) groups is 2. The molecule has 6 heteroatoms. The van der Waals surface area contributed by atoms with Gasteiger partial charge in [-0.05, 0) is 48.3 Å². The Labute approximate surface area is 180 Å². The highest BCUT2D eigenvalue weighted by atomic mass is 16.2. The van der Waals surface area contributed by atoms with Gasteiger partial charge in [0.05, 0.1) is 0 Å². The number of rotatable bonds is 2. The third-order valence-electron chi connectivity index (χ3n) is 6.79. The summed E-state index contributed by atoms with van der Waals surface area (Å²) < 4.78 is 0. The van der Waals surface area contributed by atoms with Crippen LogP contribution in [0.4, 0.5) is 0 Å². The fraction of sp³-hybridized carbons (Fsp3) is 0.400. The number of piperidine rings is 1. The quantitative estimate of drug-likeness (QED) is 0.660. The highest BCUT2D eigenvalue weighted by Gasteiger charge is 2.34. The molecule has 1 saturated heterocycles. The molecule has 0 atom stereocenters. The number of hydrogen-bond acceptors (Lipinski definition) is 3. The van der Waals surface area contributed by atoms with Crippen LogP contribution < -0.4 is 5.56 Å². The summed E-state index contributed by atoms with van der Waals surface area (Å²) in [5, 5.41) is 1.24. The van der Waals surface area contributed by atoms with Crippen LogP contribution in [0.15, 0.2) is 41.3 Å². The molecule has 0 spiro atoms. The van der Waals surface area contributed by atoms with Gasteiger partial charge in [0, 0.05) is 47.9 Å². The Balaban J connectivity index is 1.35. The standard InChI is InChI=1S/C25H27N3O3/c1-25(2)12-21-17(22(29)13-25)11-18(23(30)27-21)24(31)28-9-7-15(8-10-28)19-14-26-20-6-4-3-5-16(19)20/h3-6,11,14-15,26H,7-10,12-13H2,1-2H3,(H,27,30). The summed E-state index contributed by atoms with van der Waals surface area (Å²) in [6, 6.07) is 9.79. The average molecular weight is 418 g/mol. The summed E-state index contributed by atoms with van der Waals surface area (Å²) in [5.41, 5.74) is 3.08. The molecular weight excluding hydrogens is 390 g/mol. The predicted octanol–water partition coefficient (Wildman–Crippen LogP) is 4.03. The number of ketones is 1. The Hall–Kier alpha value is -3.15. The van der Waals surface area contributed by atoms with Crippen LogP contribution in [-0.4, -0.2) is 39.6 Å². The van der Waals surface area contributed by atoms with E-state index in [0.29, 0.717) is 43.1 Å². The maximum absolute atomic E-state index is 13.1.